The Bertz CT molecular complexity index is 1140. The number of aliphatic carboxylic acids is 1. The summed E-state index contributed by atoms with van der Waals surface area (Å²) in [4.78, 5) is 35.4. The number of nitrogens with one attached hydrogen (secondary N) is 1. The summed E-state index contributed by atoms with van der Waals surface area (Å²) in [6.07, 6.45) is 2.84. The lowest BCUT2D eigenvalue weighted by Gasteiger charge is -2.35. The van der Waals surface area contributed by atoms with Crippen molar-refractivity contribution in [2.24, 2.45) is 4.99 Å². The van der Waals surface area contributed by atoms with Gasteiger partial charge in [0.2, 0.25) is 0 Å². The number of carbonyl (C=O) groups is 2. The molecule has 1 fully saturated rings. The molecule has 1 saturated heterocycles. The molecule has 2 N–H and O–H groups in total. The molecule has 34 heavy (non-hydrogen) atoms. The van der Waals surface area contributed by atoms with Gasteiger partial charge < -0.3 is 24.3 Å². The van der Waals surface area contributed by atoms with Crippen LogP contribution in [0, 0.1) is 5.82 Å². The molecule has 1 aromatic heterocycles. The van der Waals surface area contributed by atoms with E-state index in [1.54, 1.807) is 11.8 Å². The molecule has 4 rings (SSSR count). The number of carboxylic acids is 1. The number of rotatable bonds is 7. The highest BCUT2D eigenvalue weighted by Gasteiger charge is 2.37. The molecule has 0 spiro atoms. The molecule has 10 nitrogen and oxygen atoms in total. The number of hydrogen-bond donors (Lipinski definition) is 2. The fourth-order valence-electron chi connectivity index (χ4n) is 3.82. The summed E-state index contributed by atoms with van der Waals surface area (Å²) in [7, 11) is 0. The highest BCUT2D eigenvalue weighted by molar-refractivity contribution is 9.10. The molecular formula is C22H22BrFN4O6. The van der Waals surface area contributed by atoms with E-state index in [9.17, 15) is 19.1 Å². The van der Waals surface area contributed by atoms with Crippen LogP contribution in [-0.4, -0.2) is 71.7 Å². The third kappa shape index (κ3) is 5.03. The number of morpholine rings is 1. The van der Waals surface area contributed by atoms with Crippen LogP contribution in [0.5, 0.6) is 0 Å². The number of aromatic nitrogens is 1. The largest absolute Gasteiger partial charge is 0.480 e. The van der Waals surface area contributed by atoms with Crippen molar-refractivity contribution in [1.29, 1.82) is 0 Å². The maximum atomic E-state index is 13.8. The van der Waals surface area contributed by atoms with Crippen molar-refractivity contribution in [3.8, 4) is 0 Å². The van der Waals surface area contributed by atoms with E-state index < -0.39 is 29.8 Å². The van der Waals surface area contributed by atoms with Crippen molar-refractivity contribution in [2.45, 2.75) is 19.0 Å². The fourth-order valence-corrected chi connectivity index (χ4v) is 4.39. The maximum absolute atomic E-state index is 13.8. The lowest BCUT2D eigenvalue weighted by Crippen LogP contribution is -2.52. The number of carboxylic acid groups (broad SMARTS) is 1. The maximum Gasteiger partial charge on any atom is 0.338 e. The van der Waals surface area contributed by atoms with E-state index in [2.05, 4.69) is 31.2 Å². The zero-order valence-corrected chi connectivity index (χ0v) is 19.7. The van der Waals surface area contributed by atoms with Crippen LogP contribution < -0.4 is 5.32 Å². The molecule has 0 radical (unpaired) electrons. The van der Waals surface area contributed by atoms with Gasteiger partial charge in [0.15, 0.2) is 5.84 Å². The molecule has 1 aromatic carbocycles. The van der Waals surface area contributed by atoms with Crippen LogP contribution in [0.2, 0.25) is 0 Å². The van der Waals surface area contributed by atoms with Gasteiger partial charge in [0, 0.05) is 23.3 Å². The van der Waals surface area contributed by atoms with Crippen LogP contribution >= 0.6 is 15.9 Å². The molecule has 180 valence electrons. The van der Waals surface area contributed by atoms with Crippen molar-refractivity contribution in [3.05, 3.63) is 63.7 Å². The van der Waals surface area contributed by atoms with Crippen LogP contribution in [0.25, 0.3) is 0 Å². The van der Waals surface area contributed by atoms with E-state index >= 15 is 0 Å². The Kier molecular flexibility index (Phi) is 7.39. The van der Waals surface area contributed by atoms with E-state index in [-0.39, 0.29) is 37.1 Å². The Labute approximate surface area is 202 Å². The van der Waals surface area contributed by atoms with E-state index in [1.807, 2.05) is 0 Å². The van der Waals surface area contributed by atoms with Gasteiger partial charge in [-0.05, 0) is 24.6 Å². The molecule has 0 amide bonds. The van der Waals surface area contributed by atoms with Crippen molar-refractivity contribution in [3.63, 3.8) is 0 Å². The van der Waals surface area contributed by atoms with E-state index in [0.717, 1.165) is 0 Å². The smallest absolute Gasteiger partial charge is 0.338 e. The molecule has 2 aliphatic heterocycles. The number of benzene rings is 1. The van der Waals surface area contributed by atoms with Crippen molar-refractivity contribution < 1.29 is 33.0 Å². The average molecular weight is 537 g/mol. The molecule has 2 aromatic rings. The van der Waals surface area contributed by atoms with Crippen LogP contribution in [-0.2, 0) is 19.1 Å². The second-order valence-corrected chi connectivity index (χ2v) is 8.37. The Morgan fingerprint density at radius 3 is 2.91 bits per heavy atom. The summed E-state index contributed by atoms with van der Waals surface area (Å²) < 4.78 is 30.3. The quantitative estimate of drug-likeness (QED) is 0.512. The number of hydrogen-bond acceptors (Lipinski definition) is 9. The van der Waals surface area contributed by atoms with Gasteiger partial charge in [-0.25, -0.2) is 14.2 Å². The molecule has 2 atom stereocenters. The minimum Gasteiger partial charge on any atom is -0.480 e. The first-order valence-corrected chi connectivity index (χ1v) is 11.3. The number of amidine groups is 1. The highest BCUT2D eigenvalue weighted by Crippen LogP contribution is 2.37. The van der Waals surface area contributed by atoms with E-state index in [1.165, 1.54) is 30.7 Å². The third-order valence-electron chi connectivity index (χ3n) is 5.40. The third-order valence-corrected chi connectivity index (χ3v) is 6.09. The van der Waals surface area contributed by atoms with Crippen LogP contribution in [0.1, 0.15) is 24.4 Å². The first-order chi connectivity index (χ1) is 16.4. The second-order valence-electron chi connectivity index (χ2n) is 7.52. The minimum atomic E-state index is -1.03. The molecule has 12 heteroatoms. The van der Waals surface area contributed by atoms with Gasteiger partial charge >= 0.3 is 11.9 Å². The molecule has 0 aliphatic carbocycles. The van der Waals surface area contributed by atoms with Gasteiger partial charge in [0.25, 0.3) is 5.89 Å². The number of ether oxygens (including phenoxy) is 2. The first kappa shape index (κ1) is 24.0. The van der Waals surface area contributed by atoms with Crippen molar-refractivity contribution >= 4 is 33.7 Å². The normalized spacial score (nSPS) is 21.1. The standard InChI is InChI=1S/C22H22BrFN4O6/c1-2-33-22(31)17-15(10-28-6-8-32-11-16(28)21(29)30)26-19(20-25-5-7-34-20)27-18(17)13-4-3-12(24)9-14(13)23/h3-5,7,9,16,18H,2,6,8,10-11H2,1H3,(H,26,27)(H,29,30). The Morgan fingerprint density at radius 2 is 2.24 bits per heavy atom. The summed E-state index contributed by atoms with van der Waals surface area (Å²) in [6, 6.07) is 2.29. The summed E-state index contributed by atoms with van der Waals surface area (Å²) in [5, 5.41) is 12.7. The first-order valence-electron chi connectivity index (χ1n) is 10.5. The lowest BCUT2D eigenvalue weighted by atomic mass is 9.95. The fraction of sp³-hybridized carbons (Fsp3) is 0.364. The van der Waals surface area contributed by atoms with Gasteiger partial charge in [-0.15, -0.1) is 0 Å². The summed E-state index contributed by atoms with van der Waals surface area (Å²) >= 11 is 3.37. The number of halogens is 2. The van der Waals surface area contributed by atoms with Gasteiger partial charge in [0.05, 0.1) is 31.6 Å². The topological polar surface area (TPSA) is 126 Å². The Balaban J connectivity index is 1.83. The summed E-state index contributed by atoms with van der Waals surface area (Å²) in [5.74, 6) is -1.69. The van der Waals surface area contributed by atoms with Gasteiger partial charge in [-0.1, -0.05) is 22.0 Å². The molecule has 3 heterocycles. The van der Waals surface area contributed by atoms with Crippen LogP contribution in [0.3, 0.4) is 0 Å². The zero-order chi connectivity index (χ0) is 24.2. The Morgan fingerprint density at radius 1 is 1.41 bits per heavy atom. The molecule has 0 saturated carbocycles. The molecular weight excluding hydrogens is 515 g/mol. The number of oxazole rings is 1. The Hall–Kier alpha value is -3.09. The summed E-state index contributed by atoms with van der Waals surface area (Å²) in [5.41, 5.74) is 1.08. The molecule has 2 aliphatic rings. The van der Waals surface area contributed by atoms with Gasteiger partial charge in [-0.3, -0.25) is 14.7 Å². The number of nitrogens with zero attached hydrogens (tertiary/aromatic N) is 3. The molecule has 0 bridgehead atoms. The van der Waals surface area contributed by atoms with Crippen LogP contribution in [0.15, 0.2) is 55.8 Å². The van der Waals surface area contributed by atoms with Crippen LogP contribution in [0.4, 0.5) is 4.39 Å². The minimum absolute atomic E-state index is 0.0188. The molecule has 2 unspecified atom stereocenters. The van der Waals surface area contributed by atoms with E-state index in [0.29, 0.717) is 28.9 Å². The van der Waals surface area contributed by atoms with Crippen molar-refractivity contribution in [1.82, 2.24) is 15.2 Å². The number of aliphatic imine (C=N–C) groups is 1. The number of esters is 1. The average Bonchev–Trinajstić information content (AvgIpc) is 3.34. The zero-order valence-electron chi connectivity index (χ0n) is 18.2. The highest BCUT2D eigenvalue weighted by atomic mass is 79.9. The number of carbonyl (C=O) groups excluding carboxylic acids is 1. The summed E-state index contributed by atoms with van der Waals surface area (Å²) in [6.45, 7) is 2.59. The monoisotopic (exact) mass is 536 g/mol. The predicted octanol–water partition coefficient (Wildman–Crippen LogP) is 2.27. The second kappa shape index (κ2) is 10.5. The SMILES string of the molecule is CCOC(=O)C1=C(CN2CCOCC2C(=O)O)NC(c2ncco2)=NC1c1ccc(F)cc1Br. The van der Waals surface area contributed by atoms with Gasteiger partial charge in [0.1, 0.15) is 24.2 Å². The van der Waals surface area contributed by atoms with Crippen molar-refractivity contribution in [2.75, 3.05) is 32.9 Å². The predicted molar refractivity (Wildman–Crippen MR) is 120 cm³/mol. The lowest BCUT2D eigenvalue weighted by molar-refractivity contribution is -0.149. The van der Waals surface area contributed by atoms with Gasteiger partial charge in [-0.2, -0.15) is 0 Å². The van der Waals surface area contributed by atoms with E-state index in [4.69, 9.17) is 13.9 Å².